The SMILES string of the molecule is Cc1c(-c2cc3cc(Nc4cc5n(n4)Cc4nccn4CC5)ncc3c(N)n2)cnc2c1NCS(=O)(=O)CO2. The topological polar surface area (TPSA) is 168 Å². The molecule has 39 heavy (non-hydrogen) atoms. The highest BCUT2D eigenvalue weighted by Crippen LogP contribution is 2.36. The van der Waals surface area contributed by atoms with E-state index in [0.717, 1.165) is 35.4 Å². The molecule has 0 unspecified atom stereocenters. The number of aromatic nitrogens is 7. The minimum absolute atomic E-state index is 0.235. The van der Waals surface area contributed by atoms with E-state index < -0.39 is 15.8 Å². The van der Waals surface area contributed by atoms with Gasteiger partial charge in [0.25, 0.3) is 0 Å². The van der Waals surface area contributed by atoms with E-state index in [1.165, 1.54) is 0 Å². The lowest BCUT2D eigenvalue weighted by molar-refractivity contribution is 0.367. The van der Waals surface area contributed by atoms with Crippen molar-refractivity contribution in [3.63, 3.8) is 0 Å². The number of nitrogen functional groups attached to an aromatic ring is 1. The van der Waals surface area contributed by atoms with Gasteiger partial charge in [-0.1, -0.05) is 0 Å². The van der Waals surface area contributed by atoms with Crippen molar-refractivity contribution in [2.24, 2.45) is 0 Å². The number of nitrogens with zero attached hydrogens (tertiary/aromatic N) is 7. The van der Waals surface area contributed by atoms with E-state index in [-0.39, 0.29) is 11.8 Å². The Bertz CT molecular complexity index is 1880. The molecule has 14 heteroatoms. The molecule has 198 valence electrons. The third-order valence-electron chi connectivity index (χ3n) is 6.99. The van der Waals surface area contributed by atoms with Crippen LogP contribution in [0.2, 0.25) is 0 Å². The van der Waals surface area contributed by atoms with Crippen molar-refractivity contribution in [3.05, 3.63) is 60.1 Å². The van der Waals surface area contributed by atoms with Gasteiger partial charge in [-0.15, -0.1) is 0 Å². The number of aryl methyl sites for hydroxylation is 2. The van der Waals surface area contributed by atoms with E-state index in [1.54, 1.807) is 12.4 Å². The molecule has 0 aliphatic carbocycles. The summed E-state index contributed by atoms with van der Waals surface area (Å²) in [5, 5.41) is 12.5. The predicted molar refractivity (Wildman–Crippen MR) is 145 cm³/mol. The Balaban J connectivity index is 1.21. The molecule has 2 aliphatic rings. The molecule has 0 bridgehead atoms. The first-order valence-corrected chi connectivity index (χ1v) is 14.1. The molecule has 13 nitrogen and oxygen atoms in total. The lowest BCUT2D eigenvalue weighted by Crippen LogP contribution is -2.17. The molecule has 2 aliphatic heterocycles. The van der Waals surface area contributed by atoms with Crippen molar-refractivity contribution in [2.45, 2.75) is 26.4 Å². The molecule has 7 heterocycles. The van der Waals surface area contributed by atoms with Crippen LogP contribution in [-0.2, 0) is 29.3 Å². The molecule has 0 aromatic carbocycles. The van der Waals surface area contributed by atoms with Gasteiger partial charge in [0.15, 0.2) is 11.8 Å². The van der Waals surface area contributed by atoms with Crippen molar-refractivity contribution in [3.8, 4) is 17.1 Å². The van der Waals surface area contributed by atoms with Crippen molar-refractivity contribution < 1.29 is 13.2 Å². The predicted octanol–water partition coefficient (Wildman–Crippen LogP) is 2.46. The summed E-state index contributed by atoms with van der Waals surface area (Å²) in [6.45, 7) is 3.33. The normalized spacial score (nSPS) is 15.7. The van der Waals surface area contributed by atoms with Crippen LogP contribution in [0.15, 0.2) is 43.0 Å². The third kappa shape index (κ3) is 4.18. The van der Waals surface area contributed by atoms with Crippen LogP contribution in [0, 0.1) is 6.92 Å². The average molecular weight is 545 g/mol. The quantitative estimate of drug-likeness (QED) is 0.305. The van der Waals surface area contributed by atoms with Gasteiger partial charge in [-0.2, -0.15) is 5.10 Å². The summed E-state index contributed by atoms with van der Waals surface area (Å²) in [6.07, 6.45) is 7.96. The highest BCUT2D eigenvalue weighted by atomic mass is 32.2. The second kappa shape index (κ2) is 8.66. The average Bonchev–Trinajstić information content (AvgIpc) is 3.43. The van der Waals surface area contributed by atoms with Crippen molar-refractivity contribution in [2.75, 3.05) is 28.2 Å². The van der Waals surface area contributed by atoms with Gasteiger partial charge in [-0.05, 0) is 30.0 Å². The summed E-state index contributed by atoms with van der Waals surface area (Å²) in [6, 6.07) is 5.84. The summed E-state index contributed by atoms with van der Waals surface area (Å²) in [7, 11) is -3.39. The zero-order valence-electron chi connectivity index (χ0n) is 20.9. The first kappa shape index (κ1) is 23.4. The molecule has 5 aromatic rings. The smallest absolute Gasteiger partial charge is 0.238 e. The van der Waals surface area contributed by atoms with Gasteiger partial charge in [0.1, 0.15) is 29.0 Å². The van der Waals surface area contributed by atoms with Gasteiger partial charge < -0.3 is 25.7 Å². The molecule has 0 atom stereocenters. The number of hydrogen-bond acceptors (Lipinski definition) is 11. The van der Waals surface area contributed by atoms with E-state index in [1.807, 2.05) is 42.2 Å². The van der Waals surface area contributed by atoms with Gasteiger partial charge in [0.05, 0.1) is 12.2 Å². The van der Waals surface area contributed by atoms with Gasteiger partial charge in [-0.25, -0.2) is 28.4 Å². The third-order valence-corrected chi connectivity index (χ3v) is 8.05. The number of imidazole rings is 1. The zero-order valence-corrected chi connectivity index (χ0v) is 21.7. The van der Waals surface area contributed by atoms with Crippen molar-refractivity contribution in [1.29, 1.82) is 0 Å². The minimum atomic E-state index is -3.39. The second-order valence-corrected chi connectivity index (χ2v) is 11.6. The number of ether oxygens (including phenoxy) is 1. The molecule has 7 rings (SSSR count). The number of rotatable bonds is 3. The van der Waals surface area contributed by atoms with Crippen LogP contribution in [0.25, 0.3) is 22.0 Å². The monoisotopic (exact) mass is 544 g/mol. The maximum atomic E-state index is 12.0. The highest BCUT2D eigenvalue weighted by molar-refractivity contribution is 7.91. The van der Waals surface area contributed by atoms with E-state index >= 15 is 0 Å². The van der Waals surface area contributed by atoms with Crippen LogP contribution in [0.4, 0.5) is 23.1 Å². The summed E-state index contributed by atoms with van der Waals surface area (Å²) < 4.78 is 33.5. The van der Waals surface area contributed by atoms with Crippen LogP contribution in [0.5, 0.6) is 5.88 Å². The Kier molecular flexibility index (Phi) is 5.20. The Morgan fingerprint density at radius 3 is 2.92 bits per heavy atom. The summed E-state index contributed by atoms with van der Waals surface area (Å²) in [4.78, 5) is 17.9. The number of nitrogens with one attached hydrogen (secondary N) is 2. The molecule has 0 saturated heterocycles. The lowest BCUT2D eigenvalue weighted by Gasteiger charge is -2.14. The number of anilines is 4. The number of nitrogens with two attached hydrogens (primary N) is 1. The van der Waals surface area contributed by atoms with Gasteiger partial charge in [0, 0.05) is 60.5 Å². The Morgan fingerprint density at radius 2 is 2.03 bits per heavy atom. The Hall–Kier alpha value is -4.72. The Morgan fingerprint density at radius 1 is 1.13 bits per heavy atom. The number of fused-ring (bicyclic) bond motifs is 4. The van der Waals surface area contributed by atoms with Crippen LogP contribution in [0.3, 0.4) is 0 Å². The van der Waals surface area contributed by atoms with Gasteiger partial charge in [-0.3, -0.25) is 4.68 Å². The largest absolute Gasteiger partial charge is 0.460 e. The second-order valence-electron chi connectivity index (χ2n) is 9.58. The van der Waals surface area contributed by atoms with Crippen LogP contribution < -0.4 is 21.1 Å². The zero-order chi connectivity index (χ0) is 26.7. The van der Waals surface area contributed by atoms with Crippen molar-refractivity contribution >= 4 is 43.8 Å². The van der Waals surface area contributed by atoms with Gasteiger partial charge in [0.2, 0.25) is 15.7 Å². The van der Waals surface area contributed by atoms with Crippen LogP contribution >= 0.6 is 0 Å². The standard InChI is InChI=1S/C25H24N10O3S/c1-14-17(9-29-25-23(14)30-12-39(36,37)13-38-25)19-6-15-7-20(28-10-18(15)24(26)31-19)32-21-8-16-2-4-34-5-3-27-22(34)11-35(16)33-21/h3,5-10,30H,2,4,11-13H2,1H3,(H2,26,31)(H,28,32,33). The first-order chi connectivity index (χ1) is 18.8. The summed E-state index contributed by atoms with van der Waals surface area (Å²) in [5.74, 6) is 2.20. The fourth-order valence-corrected chi connectivity index (χ4v) is 5.69. The maximum Gasteiger partial charge on any atom is 0.238 e. The van der Waals surface area contributed by atoms with Crippen LogP contribution in [0.1, 0.15) is 17.1 Å². The molecule has 0 spiro atoms. The molecule has 5 aromatic heterocycles. The fourth-order valence-electron chi connectivity index (χ4n) is 4.96. The molecule has 0 radical (unpaired) electrons. The number of pyridine rings is 3. The number of hydrogen-bond donors (Lipinski definition) is 3. The van der Waals surface area contributed by atoms with Crippen LogP contribution in [-0.4, -0.2) is 54.5 Å². The van der Waals surface area contributed by atoms with Crippen molar-refractivity contribution in [1.82, 2.24) is 34.3 Å². The molecule has 0 amide bonds. The highest BCUT2D eigenvalue weighted by Gasteiger charge is 2.23. The summed E-state index contributed by atoms with van der Waals surface area (Å²) >= 11 is 0. The fraction of sp³-hybridized carbons (Fsp3) is 0.240. The molecule has 4 N–H and O–H groups in total. The van der Waals surface area contributed by atoms with Gasteiger partial charge >= 0.3 is 0 Å². The maximum absolute atomic E-state index is 12.0. The lowest BCUT2D eigenvalue weighted by atomic mass is 10.0. The summed E-state index contributed by atoms with van der Waals surface area (Å²) in [5.41, 5.74) is 10.0. The van der Waals surface area contributed by atoms with E-state index in [9.17, 15) is 8.42 Å². The van der Waals surface area contributed by atoms with E-state index in [2.05, 4.69) is 35.1 Å². The Labute approximate surface area is 223 Å². The molecular formula is C25H24N10O3S. The van der Waals surface area contributed by atoms with E-state index in [0.29, 0.717) is 46.3 Å². The van der Waals surface area contributed by atoms with E-state index in [4.69, 9.17) is 15.6 Å². The molecule has 0 saturated carbocycles. The number of sulfone groups is 1. The molecule has 0 fully saturated rings. The minimum Gasteiger partial charge on any atom is -0.460 e. The first-order valence-electron chi connectivity index (χ1n) is 12.3. The molecular weight excluding hydrogens is 520 g/mol.